The SMILES string of the molecule is COc1cc([C@H]2SCC(=O)Nc3c2c(=O)[nH]n3[C@@H]2CCOC(C)(C)C2)cc2c1OCO2. The molecular formula is C21H25N3O6S. The monoisotopic (exact) mass is 447 g/mol. The van der Waals surface area contributed by atoms with Crippen LogP contribution in [0.25, 0.3) is 0 Å². The van der Waals surface area contributed by atoms with Gasteiger partial charge in [0.05, 0.1) is 35.3 Å². The average molecular weight is 448 g/mol. The van der Waals surface area contributed by atoms with Crippen LogP contribution in [0.2, 0.25) is 0 Å². The van der Waals surface area contributed by atoms with Crippen LogP contribution in [0.5, 0.6) is 17.2 Å². The van der Waals surface area contributed by atoms with Crippen LogP contribution in [0.1, 0.15) is 49.1 Å². The number of nitrogens with zero attached hydrogens (tertiary/aromatic N) is 1. The number of ether oxygens (including phenoxy) is 4. The Morgan fingerprint density at radius 3 is 2.87 bits per heavy atom. The van der Waals surface area contributed by atoms with Gasteiger partial charge in [0.15, 0.2) is 11.5 Å². The molecule has 0 saturated carbocycles. The van der Waals surface area contributed by atoms with Crippen molar-refractivity contribution in [1.82, 2.24) is 9.78 Å². The standard InChI is InChI=1S/C21H25N3O6S/c1-21(2)8-12(4-5-30-21)24-19-16(20(26)23-24)18(31-9-15(25)22-19)11-6-13(27-3)17-14(7-11)28-10-29-17/h6-7,12,18H,4-5,8-10H2,1-3H3,(H,22,25)(H,23,26)/t12-,18-/m1/s1. The van der Waals surface area contributed by atoms with Gasteiger partial charge in [0, 0.05) is 6.61 Å². The first-order chi connectivity index (χ1) is 14.9. The Balaban J connectivity index is 1.61. The van der Waals surface area contributed by atoms with E-state index < -0.39 is 0 Å². The molecule has 2 N–H and O–H groups in total. The molecule has 1 fully saturated rings. The molecule has 5 rings (SSSR count). The zero-order valence-corrected chi connectivity index (χ0v) is 18.5. The van der Waals surface area contributed by atoms with E-state index in [-0.39, 0.29) is 40.9 Å². The largest absolute Gasteiger partial charge is 0.493 e. The molecule has 4 heterocycles. The average Bonchev–Trinajstić information content (AvgIpc) is 3.27. The van der Waals surface area contributed by atoms with Gasteiger partial charge in [0.25, 0.3) is 5.56 Å². The van der Waals surface area contributed by atoms with Crippen molar-refractivity contribution in [1.29, 1.82) is 0 Å². The number of aromatic nitrogens is 2. The number of anilines is 1. The Bertz CT molecular complexity index is 1090. The molecule has 3 aliphatic rings. The molecule has 0 unspecified atom stereocenters. The molecule has 0 radical (unpaired) electrons. The quantitative estimate of drug-likeness (QED) is 0.746. The van der Waals surface area contributed by atoms with Gasteiger partial charge in [-0.15, -0.1) is 11.8 Å². The van der Waals surface area contributed by atoms with E-state index in [0.717, 1.165) is 18.4 Å². The topological polar surface area (TPSA) is 104 Å². The maximum Gasteiger partial charge on any atom is 0.270 e. The van der Waals surface area contributed by atoms with Gasteiger partial charge in [-0.25, -0.2) is 0 Å². The predicted octanol–water partition coefficient (Wildman–Crippen LogP) is 2.82. The molecule has 0 bridgehead atoms. The van der Waals surface area contributed by atoms with Gasteiger partial charge >= 0.3 is 0 Å². The fourth-order valence-electron chi connectivity index (χ4n) is 4.50. The van der Waals surface area contributed by atoms with Gasteiger partial charge in [0.1, 0.15) is 5.82 Å². The van der Waals surface area contributed by atoms with Crippen LogP contribution in [0.15, 0.2) is 16.9 Å². The van der Waals surface area contributed by atoms with E-state index in [9.17, 15) is 9.59 Å². The lowest BCUT2D eigenvalue weighted by Gasteiger charge is -2.36. The summed E-state index contributed by atoms with van der Waals surface area (Å²) in [6.45, 7) is 4.79. The Hall–Kier alpha value is -2.59. The fourth-order valence-corrected chi connectivity index (χ4v) is 5.61. The van der Waals surface area contributed by atoms with Crippen LogP contribution in [-0.4, -0.2) is 47.6 Å². The van der Waals surface area contributed by atoms with E-state index in [1.807, 2.05) is 30.7 Å². The van der Waals surface area contributed by atoms with Gasteiger partial charge in [-0.05, 0) is 44.4 Å². The van der Waals surface area contributed by atoms with Crippen molar-refractivity contribution in [3.05, 3.63) is 33.6 Å². The molecule has 9 nitrogen and oxygen atoms in total. The number of carbonyl (C=O) groups is 1. The molecule has 2 atom stereocenters. The number of fused-ring (bicyclic) bond motifs is 2. The van der Waals surface area contributed by atoms with E-state index in [2.05, 4.69) is 10.4 Å². The lowest BCUT2D eigenvalue weighted by molar-refractivity contribution is -0.113. The maximum absolute atomic E-state index is 13.2. The second-order valence-corrected chi connectivity index (χ2v) is 9.62. The van der Waals surface area contributed by atoms with E-state index in [0.29, 0.717) is 35.2 Å². The number of carbonyl (C=O) groups excluding carboxylic acids is 1. The van der Waals surface area contributed by atoms with Crippen molar-refractivity contribution in [2.24, 2.45) is 0 Å². The van der Waals surface area contributed by atoms with Crippen molar-refractivity contribution in [3.8, 4) is 17.2 Å². The highest BCUT2D eigenvalue weighted by Crippen LogP contribution is 2.48. The van der Waals surface area contributed by atoms with Crippen LogP contribution in [0.4, 0.5) is 5.82 Å². The number of hydrogen-bond donors (Lipinski definition) is 2. The number of hydrogen-bond acceptors (Lipinski definition) is 7. The summed E-state index contributed by atoms with van der Waals surface area (Å²) in [7, 11) is 1.56. The minimum atomic E-state index is -0.366. The van der Waals surface area contributed by atoms with Crippen molar-refractivity contribution in [2.45, 2.75) is 43.6 Å². The first-order valence-electron chi connectivity index (χ1n) is 10.2. The first kappa shape index (κ1) is 20.3. The highest BCUT2D eigenvalue weighted by Gasteiger charge is 2.36. The van der Waals surface area contributed by atoms with Gasteiger partial charge in [-0.3, -0.25) is 19.4 Å². The third-order valence-electron chi connectivity index (χ3n) is 5.88. The van der Waals surface area contributed by atoms with Crippen LogP contribution in [0.3, 0.4) is 0 Å². The summed E-state index contributed by atoms with van der Waals surface area (Å²) in [6.07, 6.45) is 1.49. The third kappa shape index (κ3) is 3.57. The fraction of sp³-hybridized carbons (Fsp3) is 0.524. The zero-order valence-electron chi connectivity index (χ0n) is 17.6. The zero-order chi connectivity index (χ0) is 21.8. The molecule has 1 aromatic heterocycles. The van der Waals surface area contributed by atoms with E-state index in [1.165, 1.54) is 11.8 Å². The molecule has 31 heavy (non-hydrogen) atoms. The Labute approximate surface area is 183 Å². The molecule has 0 spiro atoms. The predicted molar refractivity (Wildman–Crippen MR) is 115 cm³/mol. The number of amides is 1. The molecule has 3 aliphatic heterocycles. The highest BCUT2D eigenvalue weighted by atomic mass is 32.2. The summed E-state index contributed by atoms with van der Waals surface area (Å²) in [5.74, 6) is 2.29. The lowest BCUT2D eigenvalue weighted by Crippen LogP contribution is -2.36. The Morgan fingerprint density at radius 1 is 1.26 bits per heavy atom. The molecule has 1 aromatic carbocycles. The normalized spacial score (nSPS) is 24.3. The molecular weight excluding hydrogens is 422 g/mol. The highest BCUT2D eigenvalue weighted by molar-refractivity contribution is 8.00. The number of benzene rings is 1. The summed E-state index contributed by atoms with van der Waals surface area (Å²) < 4.78 is 24.2. The number of H-pyrrole nitrogens is 1. The minimum absolute atomic E-state index is 0.0236. The second-order valence-electron chi connectivity index (χ2n) is 8.52. The Morgan fingerprint density at radius 2 is 2.10 bits per heavy atom. The first-order valence-corrected chi connectivity index (χ1v) is 11.3. The van der Waals surface area contributed by atoms with Gasteiger partial charge < -0.3 is 24.3 Å². The van der Waals surface area contributed by atoms with Gasteiger partial charge in [0.2, 0.25) is 18.4 Å². The van der Waals surface area contributed by atoms with E-state index in [4.69, 9.17) is 18.9 Å². The number of thioether (sulfide) groups is 1. The number of rotatable bonds is 3. The summed E-state index contributed by atoms with van der Waals surface area (Å²) >= 11 is 1.40. The molecule has 10 heteroatoms. The summed E-state index contributed by atoms with van der Waals surface area (Å²) in [5, 5.41) is 5.58. The van der Waals surface area contributed by atoms with Gasteiger partial charge in [-0.1, -0.05) is 0 Å². The Kier molecular flexibility index (Phi) is 4.93. The van der Waals surface area contributed by atoms with Crippen LogP contribution in [0, 0.1) is 0 Å². The molecule has 1 amide bonds. The third-order valence-corrected chi connectivity index (χ3v) is 7.15. The minimum Gasteiger partial charge on any atom is -0.493 e. The van der Waals surface area contributed by atoms with E-state index in [1.54, 1.807) is 7.11 Å². The summed E-state index contributed by atoms with van der Waals surface area (Å²) in [5.41, 5.74) is 0.834. The maximum atomic E-state index is 13.2. The molecule has 2 aromatic rings. The van der Waals surface area contributed by atoms with Crippen molar-refractivity contribution < 1.29 is 23.7 Å². The molecule has 166 valence electrons. The van der Waals surface area contributed by atoms with Crippen LogP contribution in [-0.2, 0) is 9.53 Å². The van der Waals surface area contributed by atoms with Crippen LogP contribution >= 0.6 is 11.8 Å². The van der Waals surface area contributed by atoms with Crippen molar-refractivity contribution in [3.63, 3.8) is 0 Å². The van der Waals surface area contributed by atoms with Crippen molar-refractivity contribution in [2.75, 3.05) is 31.6 Å². The summed E-state index contributed by atoms with van der Waals surface area (Å²) in [4.78, 5) is 25.7. The lowest BCUT2D eigenvalue weighted by atomic mass is 9.94. The van der Waals surface area contributed by atoms with Crippen molar-refractivity contribution >= 4 is 23.5 Å². The smallest absolute Gasteiger partial charge is 0.270 e. The van der Waals surface area contributed by atoms with Gasteiger partial charge in [-0.2, -0.15) is 0 Å². The molecule has 1 saturated heterocycles. The van der Waals surface area contributed by atoms with E-state index >= 15 is 0 Å². The van der Waals surface area contributed by atoms with Crippen LogP contribution < -0.4 is 25.1 Å². The summed E-state index contributed by atoms with van der Waals surface area (Å²) in [6, 6.07) is 3.73. The molecule has 0 aliphatic carbocycles. The number of nitrogens with one attached hydrogen (secondary N) is 2. The number of aromatic amines is 1. The second kappa shape index (κ2) is 7.52. The number of methoxy groups -OCH3 is 1.